The largest absolute Gasteiger partial charge is 0.491 e. The molecule has 0 aromatic heterocycles. The maximum atomic E-state index is 12.5. The van der Waals surface area contributed by atoms with Gasteiger partial charge in [0, 0.05) is 13.3 Å². The minimum absolute atomic E-state index is 0.0645. The molecule has 0 bridgehead atoms. The molecule has 14 heteroatoms. The topological polar surface area (TPSA) is 116 Å². The fourth-order valence-electron chi connectivity index (χ4n) is 2.88. The Morgan fingerprint density at radius 2 is 1.15 bits per heavy atom. The Morgan fingerprint density at radius 1 is 0.706 bits per heavy atom. The minimum Gasteiger partial charge on any atom is -0.481 e. The molecule has 0 radical (unpaired) electrons. The summed E-state index contributed by atoms with van der Waals surface area (Å²) >= 11 is 0. The number of esters is 3. The molecule has 0 saturated carbocycles. The second-order valence-corrected chi connectivity index (χ2v) is 7.53. The highest BCUT2D eigenvalue weighted by Gasteiger charge is 2.44. The SMILES string of the molecule is CC(OC(=O)C(CCCCCCCCCC(=O)O)C(C)OC(=O)C(F)(F)F)OC(=O)C(F)(F)F. The molecule has 0 aromatic carbocycles. The molecule has 0 fully saturated rings. The maximum Gasteiger partial charge on any atom is 0.491 e. The summed E-state index contributed by atoms with van der Waals surface area (Å²) in [6, 6.07) is 0. The molecule has 1 N–H and O–H groups in total. The number of unbranched alkanes of at least 4 members (excludes halogenated alkanes) is 6. The molecule has 0 spiro atoms. The van der Waals surface area contributed by atoms with Gasteiger partial charge in [0.2, 0.25) is 6.29 Å². The average molecular weight is 510 g/mol. The normalized spacial score (nSPS) is 14.6. The van der Waals surface area contributed by atoms with Crippen LogP contribution in [0.2, 0.25) is 0 Å². The van der Waals surface area contributed by atoms with Crippen LogP contribution in [-0.2, 0) is 33.4 Å². The number of ether oxygens (including phenoxy) is 3. The zero-order valence-corrected chi connectivity index (χ0v) is 18.7. The number of carbonyl (C=O) groups excluding carboxylic acids is 3. The third kappa shape index (κ3) is 13.9. The Hall–Kier alpha value is -2.54. The van der Waals surface area contributed by atoms with E-state index in [-0.39, 0.29) is 12.8 Å². The van der Waals surface area contributed by atoms with Crippen molar-refractivity contribution in [2.24, 2.45) is 5.92 Å². The molecule has 0 aliphatic carbocycles. The van der Waals surface area contributed by atoms with E-state index in [2.05, 4.69) is 14.2 Å². The zero-order chi connectivity index (χ0) is 26.5. The Morgan fingerprint density at radius 3 is 1.62 bits per heavy atom. The van der Waals surface area contributed by atoms with Gasteiger partial charge in [0.15, 0.2) is 0 Å². The first-order chi connectivity index (χ1) is 15.6. The first-order valence-corrected chi connectivity index (χ1v) is 10.5. The standard InChI is InChI=1S/C20H28F6O8/c1-12(32-17(30)19(21,22)23)14(10-8-6-4-3-5-7-9-11-15(27)28)16(29)33-13(2)34-18(31)20(24,25)26/h12-14H,3-11H2,1-2H3,(H,27,28). The number of halogens is 6. The number of carbonyl (C=O) groups is 4. The third-order valence-electron chi connectivity index (χ3n) is 4.59. The van der Waals surface area contributed by atoms with Crippen LogP contribution >= 0.6 is 0 Å². The van der Waals surface area contributed by atoms with Crippen LogP contribution in [-0.4, -0.2) is 53.7 Å². The molecule has 0 heterocycles. The van der Waals surface area contributed by atoms with E-state index in [1.54, 1.807) is 0 Å². The van der Waals surface area contributed by atoms with Crippen LogP contribution in [0.25, 0.3) is 0 Å². The Bertz CT molecular complexity index is 677. The van der Waals surface area contributed by atoms with Crippen LogP contribution in [0.5, 0.6) is 0 Å². The summed E-state index contributed by atoms with van der Waals surface area (Å²) in [7, 11) is 0. The van der Waals surface area contributed by atoms with E-state index in [1.807, 2.05) is 0 Å². The Kier molecular flexibility index (Phi) is 13.6. The Labute approximate surface area is 191 Å². The first-order valence-electron chi connectivity index (χ1n) is 10.5. The van der Waals surface area contributed by atoms with Crippen LogP contribution < -0.4 is 0 Å². The number of hydrogen-bond donors (Lipinski definition) is 1. The highest BCUT2D eigenvalue weighted by molar-refractivity contribution is 5.78. The minimum atomic E-state index is -5.34. The van der Waals surface area contributed by atoms with Crippen molar-refractivity contribution in [2.45, 2.75) is 96.4 Å². The van der Waals surface area contributed by atoms with E-state index in [1.165, 1.54) is 0 Å². The molecule has 198 valence electrons. The molecule has 0 rings (SSSR count). The van der Waals surface area contributed by atoms with E-state index in [4.69, 9.17) is 5.11 Å². The van der Waals surface area contributed by atoms with Gasteiger partial charge in [0.25, 0.3) is 0 Å². The van der Waals surface area contributed by atoms with Gasteiger partial charge in [-0.05, 0) is 19.8 Å². The Balaban J connectivity index is 4.83. The summed E-state index contributed by atoms with van der Waals surface area (Å²) in [6.07, 6.45) is -10.1. The second kappa shape index (κ2) is 14.7. The monoisotopic (exact) mass is 510 g/mol. The molecular weight excluding hydrogens is 482 g/mol. The van der Waals surface area contributed by atoms with Crippen molar-refractivity contribution < 1.29 is 64.8 Å². The summed E-state index contributed by atoms with van der Waals surface area (Å²) in [4.78, 5) is 44.7. The van der Waals surface area contributed by atoms with Crippen molar-refractivity contribution in [3.8, 4) is 0 Å². The predicted molar refractivity (Wildman–Crippen MR) is 102 cm³/mol. The van der Waals surface area contributed by atoms with Gasteiger partial charge in [-0.15, -0.1) is 0 Å². The lowest BCUT2D eigenvalue weighted by atomic mass is 9.95. The summed E-state index contributed by atoms with van der Waals surface area (Å²) < 4.78 is 87.0. The number of hydrogen-bond acceptors (Lipinski definition) is 7. The lowest BCUT2D eigenvalue weighted by Gasteiger charge is -2.25. The quantitative estimate of drug-likeness (QED) is 0.146. The molecule has 0 aliphatic rings. The predicted octanol–water partition coefficient (Wildman–Crippen LogP) is 4.69. The lowest BCUT2D eigenvalue weighted by molar-refractivity contribution is -0.225. The molecule has 0 saturated heterocycles. The van der Waals surface area contributed by atoms with Crippen molar-refractivity contribution in [3.05, 3.63) is 0 Å². The molecule has 3 atom stereocenters. The van der Waals surface area contributed by atoms with E-state index in [0.29, 0.717) is 32.1 Å². The van der Waals surface area contributed by atoms with E-state index >= 15 is 0 Å². The van der Waals surface area contributed by atoms with E-state index < -0.39 is 54.5 Å². The van der Waals surface area contributed by atoms with Gasteiger partial charge >= 0.3 is 36.2 Å². The van der Waals surface area contributed by atoms with Gasteiger partial charge in [-0.3, -0.25) is 9.59 Å². The number of rotatable bonds is 15. The first kappa shape index (κ1) is 31.5. The van der Waals surface area contributed by atoms with Crippen molar-refractivity contribution in [2.75, 3.05) is 0 Å². The smallest absolute Gasteiger partial charge is 0.481 e. The average Bonchev–Trinajstić information content (AvgIpc) is 2.67. The molecule has 3 unspecified atom stereocenters. The fraction of sp³-hybridized carbons (Fsp3) is 0.800. The van der Waals surface area contributed by atoms with Gasteiger partial charge in [0.1, 0.15) is 6.10 Å². The number of carboxylic acid groups (broad SMARTS) is 1. The van der Waals surface area contributed by atoms with Crippen LogP contribution in [0.15, 0.2) is 0 Å². The van der Waals surface area contributed by atoms with Crippen molar-refractivity contribution in [1.29, 1.82) is 0 Å². The van der Waals surface area contributed by atoms with Gasteiger partial charge in [0.05, 0.1) is 5.92 Å². The molecule has 0 aliphatic heterocycles. The van der Waals surface area contributed by atoms with Gasteiger partial charge in [-0.2, -0.15) is 26.3 Å². The highest BCUT2D eigenvalue weighted by atomic mass is 19.4. The second-order valence-electron chi connectivity index (χ2n) is 7.53. The summed E-state index contributed by atoms with van der Waals surface area (Å²) in [5.74, 6) is -8.80. The van der Waals surface area contributed by atoms with Crippen LogP contribution in [0.1, 0.15) is 71.6 Å². The molecule has 0 amide bonds. The highest BCUT2D eigenvalue weighted by Crippen LogP contribution is 2.25. The fourth-order valence-corrected chi connectivity index (χ4v) is 2.88. The van der Waals surface area contributed by atoms with E-state index in [0.717, 1.165) is 26.7 Å². The maximum absolute atomic E-state index is 12.5. The number of alkyl halides is 6. The van der Waals surface area contributed by atoms with Crippen LogP contribution in [0, 0.1) is 5.92 Å². The van der Waals surface area contributed by atoms with Crippen molar-refractivity contribution in [1.82, 2.24) is 0 Å². The molecule has 8 nitrogen and oxygen atoms in total. The third-order valence-corrected chi connectivity index (χ3v) is 4.59. The van der Waals surface area contributed by atoms with Crippen LogP contribution in [0.3, 0.4) is 0 Å². The molecule has 0 aromatic rings. The summed E-state index contributed by atoms with van der Waals surface area (Å²) in [5.41, 5.74) is 0. The molecule has 34 heavy (non-hydrogen) atoms. The van der Waals surface area contributed by atoms with E-state index in [9.17, 15) is 45.5 Å². The van der Waals surface area contributed by atoms with Gasteiger partial charge < -0.3 is 19.3 Å². The van der Waals surface area contributed by atoms with Gasteiger partial charge in [-0.25, -0.2) is 9.59 Å². The number of carboxylic acids is 1. The summed E-state index contributed by atoms with van der Waals surface area (Å²) in [6.45, 7) is 1.82. The molecular formula is C20H28F6O8. The number of aliphatic carboxylic acids is 1. The lowest BCUT2D eigenvalue weighted by Crippen LogP contribution is -2.38. The van der Waals surface area contributed by atoms with Gasteiger partial charge in [-0.1, -0.05) is 38.5 Å². The van der Waals surface area contributed by atoms with Crippen molar-refractivity contribution >= 4 is 23.9 Å². The van der Waals surface area contributed by atoms with Crippen LogP contribution in [0.4, 0.5) is 26.3 Å². The summed E-state index contributed by atoms with van der Waals surface area (Å²) in [5, 5.41) is 8.55. The zero-order valence-electron chi connectivity index (χ0n) is 18.7. The van der Waals surface area contributed by atoms with Crippen molar-refractivity contribution in [3.63, 3.8) is 0 Å².